The molecule has 1 aromatic rings. The number of piperazine rings is 1. The maximum Gasteiger partial charge on any atom is 0.277 e. The number of nitro benzene ring substituents is 1. The van der Waals surface area contributed by atoms with Crippen molar-refractivity contribution in [3.05, 3.63) is 39.7 Å². The summed E-state index contributed by atoms with van der Waals surface area (Å²) in [6, 6.07) is 4.08. The zero-order valence-corrected chi connectivity index (χ0v) is 12.6. The molecule has 5 nitrogen and oxygen atoms in total. The fourth-order valence-electron chi connectivity index (χ4n) is 3.91. The van der Waals surface area contributed by atoms with Gasteiger partial charge in [0, 0.05) is 37.8 Å². The van der Waals surface area contributed by atoms with Crippen molar-refractivity contribution in [1.82, 2.24) is 10.2 Å². The largest absolute Gasteiger partial charge is 0.314 e. The lowest BCUT2D eigenvalue weighted by atomic mass is 9.88. The maximum absolute atomic E-state index is 13.5. The van der Waals surface area contributed by atoms with Crippen molar-refractivity contribution in [3.8, 4) is 0 Å². The van der Waals surface area contributed by atoms with Crippen molar-refractivity contribution in [2.24, 2.45) is 5.92 Å². The Morgan fingerprint density at radius 1 is 1.27 bits per heavy atom. The third-order valence-corrected chi connectivity index (χ3v) is 4.90. The molecule has 2 fully saturated rings. The summed E-state index contributed by atoms with van der Waals surface area (Å²) in [7, 11) is 0. The second-order valence-corrected chi connectivity index (χ2v) is 6.24. The summed E-state index contributed by atoms with van der Waals surface area (Å²) in [4.78, 5) is 13.3. The molecule has 0 aromatic heterocycles. The fraction of sp³-hybridized carbons (Fsp3) is 0.625. The van der Waals surface area contributed by atoms with Crippen molar-refractivity contribution in [3.63, 3.8) is 0 Å². The van der Waals surface area contributed by atoms with E-state index in [0.717, 1.165) is 45.1 Å². The van der Waals surface area contributed by atoms with Crippen LogP contribution in [0, 0.1) is 21.8 Å². The molecule has 1 atom stereocenters. The van der Waals surface area contributed by atoms with Gasteiger partial charge in [-0.05, 0) is 30.9 Å². The lowest BCUT2D eigenvalue weighted by Crippen LogP contribution is -2.46. The standard InChI is InChI=1S/C16H22FN3O2/c17-13-5-6-14(15(11-13)20(21)22)16(12-3-1-2-4-12)19-9-7-18-8-10-19/h5-6,11-12,16,18H,1-4,7-10H2/t16-/m0/s1. The van der Waals surface area contributed by atoms with Gasteiger partial charge in [-0.3, -0.25) is 15.0 Å². The van der Waals surface area contributed by atoms with Crippen LogP contribution >= 0.6 is 0 Å². The van der Waals surface area contributed by atoms with E-state index in [2.05, 4.69) is 10.2 Å². The molecule has 1 saturated heterocycles. The first-order valence-electron chi connectivity index (χ1n) is 8.05. The van der Waals surface area contributed by atoms with Crippen LogP contribution in [0.2, 0.25) is 0 Å². The minimum absolute atomic E-state index is 0.0330. The highest BCUT2D eigenvalue weighted by molar-refractivity contribution is 5.43. The quantitative estimate of drug-likeness (QED) is 0.686. The Morgan fingerprint density at radius 2 is 1.95 bits per heavy atom. The summed E-state index contributed by atoms with van der Waals surface area (Å²) >= 11 is 0. The predicted molar refractivity (Wildman–Crippen MR) is 82.2 cm³/mol. The normalized spacial score (nSPS) is 21.9. The number of rotatable bonds is 4. The van der Waals surface area contributed by atoms with Gasteiger partial charge in [-0.15, -0.1) is 0 Å². The summed E-state index contributed by atoms with van der Waals surface area (Å²) in [5.74, 6) is -0.108. The van der Waals surface area contributed by atoms with E-state index in [0.29, 0.717) is 11.5 Å². The third kappa shape index (κ3) is 3.13. The van der Waals surface area contributed by atoms with Gasteiger partial charge in [0.1, 0.15) is 5.82 Å². The number of benzene rings is 1. The Labute approximate surface area is 129 Å². The second kappa shape index (κ2) is 6.71. The van der Waals surface area contributed by atoms with Crippen LogP contribution in [0.25, 0.3) is 0 Å². The molecule has 6 heteroatoms. The van der Waals surface area contributed by atoms with E-state index in [-0.39, 0.29) is 11.7 Å². The van der Waals surface area contributed by atoms with Gasteiger partial charge in [0.15, 0.2) is 0 Å². The third-order valence-electron chi connectivity index (χ3n) is 4.90. The van der Waals surface area contributed by atoms with E-state index in [4.69, 9.17) is 0 Å². The fourth-order valence-corrected chi connectivity index (χ4v) is 3.91. The molecule has 22 heavy (non-hydrogen) atoms. The molecule has 1 aromatic carbocycles. The van der Waals surface area contributed by atoms with E-state index in [1.54, 1.807) is 6.07 Å². The SMILES string of the molecule is O=[N+]([O-])c1cc(F)ccc1[C@H](C1CCCC1)N1CCNCC1. The van der Waals surface area contributed by atoms with Gasteiger partial charge in [0.25, 0.3) is 5.69 Å². The Bertz CT molecular complexity index is 540. The average Bonchev–Trinajstić information content (AvgIpc) is 3.04. The summed E-state index contributed by atoms with van der Waals surface area (Å²) in [6.07, 6.45) is 4.57. The van der Waals surface area contributed by atoms with Crippen molar-refractivity contribution < 1.29 is 9.31 Å². The number of nitro groups is 1. The number of hydrogen-bond acceptors (Lipinski definition) is 4. The Hall–Kier alpha value is -1.53. The van der Waals surface area contributed by atoms with Crippen LogP contribution in [-0.2, 0) is 0 Å². The van der Waals surface area contributed by atoms with Crippen molar-refractivity contribution in [1.29, 1.82) is 0 Å². The molecule has 0 amide bonds. The van der Waals surface area contributed by atoms with Gasteiger partial charge in [-0.2, -0.15) is 0 Å². The Kier molecular flexibility index (Phi) is 4.69. The number of halogens is 1. The predicted octanol–water partition coefficient (Wildman–Crippen LogP) is 2.87. The molecule has 1 aliphatic heterocycles. The van der Waals surface area contributed by atoms with Gasteiger partial charge in [-0.1, -0.05) is 12.8 Å². The molecule has 1 saturated carbocycles. The average molecular weight is 307 g/mol. The highest BCUT2D eigenvalue weighted by atomic mass is 19.1. The lowest BCUT2D eigenvalue weighted by molar-refractivity contribution is -0.386. The van der Waals surface area contributed by atoms with Crippen molar-refractivity contribution >= 4 is 5.69 Å². The summed E-state index contributed by atoms with van der Waals surface area (Å²) in [6.45, 7) is 3.57. The topological polar surface area (TPSA) is 58.4 Å². The monoisotopic (exact) mass is 307 g/mol. The zero-order chi connectivity index (χ0) is 15.5. The number of hydrogen-bond donors (Lipinski definition) is 1. The molecular weight excluding hydrogens is 285 g/mol. The van der Waals surface area contributed by atoms with Crippen molar-refractivity contribution in [2.45, 2.75) is 31.7 Å². The Balaban J connectivity index is 1.99. The highest BCUT2D eigenvalue weighted by Gasteiger charge is 2.35. The molecule has 1 N–H and O–H groups in total. The van der Waals surface area contributed by atoms with Crippen LogP contribution in [0.3, 0.4) is 0 Å². The first-order valence-corrected chi connectivity index (χ1v) is 8.05. The van der Waals surface area contributed by atoms with Gasteiger partial charge in [0.05, 0.1) is 11.0 Å². The van der Waals surface area contributed by atoms with Crippen LogP contribution in [-0.4, -0.2) is 36.0 Å². The van der Waals surface area contributed by atoms with E-state index < -0.39 is 10.7 Å². The van der Waals surface area contributed by atoms with Crippen LogP contribution in [0.5, 0.6) is 0 Å². The second-order valence-electron chi connectivity index (χ2n) is 6.24. The van der Waals surface area contributed by atoms with Crippen LogP contribution in [0.4, 0.5) is 10.1 Å². The first kappa shape index (κ1) is 15.4. The molecule has 0 spiro atoms. The van der Waals surface area contributed by atoms with Gasteiger partial charge < -0.3 is 5.32 Å². The van der Waals surface area contributed by atoms with Gasteiger partial charge >= 0.3 is 0 Å². The molecular formula is C16H22FN3O2. The van der Waals surface area contributed by atoms with E-state index in [1.165, 1.54) is 18.9 Å². The van der Waals surface area contributed by atoms with E-state index >= 15 is 0 Å². The summed E-state index contributed by atoms with van der Waals surface area (Å²) < 4.78 is 13.5. The van der Waals surface area contributed by atoms with E-state index in [9.17, 15) is 14.5 Å². The smallest absolute Gasteiger partial charge is 0.277 e. The maximum atomic E-state index is 13.5. The highest BCUT2D eigenvalue weighted by Crippen LogP contribution is 2.42. The van der Waals surface area contributed by atoms with Crippen LogP contribution in [0.15, 0.2) is 18.2 Å². The molecule has 0 radical (unpaired) electrons. The van der Waals surface area contributed by atoms with E-state index in [1.807, 2.05) is 0 Å². The molecule has 0 unspecified atom stereocenters. The lowest BCUT2D eigenvalue weighted by Gasteiger charge is -2.38. The van der Waals surface area contributed by atoms with Crippen molar-refractivity contribution in [2.75, 3.05) is 26.2 Å². The molecule has 2 aliphatic rings. The first-order chi connectivity index (χ1) is 10.7. The minimum Gasteiger partial charge on any atom is -0.314 e. The van der Waals surface area contributed by atoms with Crippen LogP contribution in [0.1, 0.15) is 37.3 Å². The molecule has 3 rings (SSSR count). The molecule has 120 valence electrons. The summed E-state index contributed by atoms with van der Waals surface area (Å²) in [5.41, 5.74) is 0.607. The van der Waals surface area contributed by atoms with Gasteiger partial charge in [0.2, 0.25) is 0 Å². The number of nitrogens with one attached hydrogen (secondary N) is 1. The molecule has 0 bridgehead atoms. The number of nitrogens with zero attached hydrogens (tertiary/aromatic N) is 2. The minimum atomic E-state index is -0.541. The van der Waals surface area contributed by atoms with Gasteiger partial charge in [-0.25, -0.2) is 4.39 Å². The molecule has 1 heterocycles. The zero-order valence-electron chi connectivity index (χ0n) is 12.6. The Morgan fingerprint density at radius 3 is 2.59 bits per heavy atom. The summed E-state index contributed by atoms with van der Waals surface area (Å²) in [5, 5.41) is 14.7. The van der Waals surface area contributed by atoms with Crippen LogP contribution < -0.4 is 5.32 Å². The molecule has 1 aliphatic carbocycles.